The van der Waals surface area contributed by atoms with Gasteiger partial charge >= 0.3 is 0 Å². The average Bonchev–Trinajstić information content (AvgIpc) is 2.48. The number of ether oxygens (including phenoxy) is 1. The number of benzene rings is 1. The first-order valence-corrected chi connectivity index (χ1v) is 7.78. The number of carbonyl (C=O) groups excluding carboxylic acids is 1. The van der Waals surface area contributed by atoms with Crippen LogP contribution in [0, 0.1) is 13.8 Å². The lowest BCUT2D eigenvalue weighted by Crippen LogP contribution is -2.46. The molecule has 4 nitrogen and oxygen atoms in total. The van der Waals surface area contributed by atoms with Crippen LogP contribution in [0.2, 0.25) is 0 Å². The molecule has 116 valence electrons. The van der Waals surface area contributed by atoms with Crippen LogP contribution in [0.25, 0.3) is 0 Å². The van der Waals surface area contributed by atoms with Crippen molar-refractivity contribution in [2.24, 2.45) is 0 Å². The van der Waals surface area contributed by atoms with E-state index in [0.717, 1.165) is 13.0 Å². The maximum Gasteiger partial charge on any atom is 0.248 e. The zero-order valence-corrected chi connectivity index (χ0v) is 13.3. The summed E-state index contributed by atoms with van der Waals surface area (Å²) in [5.41, 5.74) is 3.82. The van der Waals surface area contributed by atoms with Crippen molar-refractivity contribution in [1.29, 1.82) is 0 Å². The van der Waals surface area contributed by atoms with E-state index in [0.29, 0.717) is 19.7 Å². The molecule has 0 spiro atoms. The van der Waals surface area contributed by atoms with Gasteiger partial charge in [0.05, 0.1) is 12.6 Å². The van der Waals surface area contributed by atoms with Crippen LogP contribution < -0.4 is 5.32 Å². The minimum atomic E-state index is 0.0925. The Morgan fingerprint density at radius 1 is 1.38 bits per heavy atom. The van der Waals surface area contributed by atoms with Crippen molar-refractivity contribution in [2.75, 3.05) is 32.8 Å². The minimum absolute atomic E-state index is 0.0925. The van der Waals surface area contributed by atoms with E-state index in [1.165, 1.54) is 16.7 Å². The van der Waals surface area contributed by atoms with Crippen LogP contribution in [0.5, 0.6) is 0 Å². The quantitative estimate of drug-likeness (QED) is 0.873. The molecule has 0 aliphatic carbocycles. The molecule has 1 aromatic carbocycles. The SMILES string of the molecule is CCCNC(CN1CCOCC1=O)c1cc(C)ccc1C. The van der Waals surface area contributed by atoms with Crippen LogP contribution in [0.4, 0.5) is 0 Å². The van der Waals surface area contributed by atoms with Gasteiger partial charge in [0, 0.05) is 13.1 Å². The number of hydrogen-bond donors (Lipinski definition) is 1. The van der Waals surface area contributed by atoms with E-state index in [1.807, 2.05) is 4.90 Å². The van der Waals surface area contributed by atoms with Crippen molar-refractivity contribution >= 4 is 5.91 Å². The molecular weight excluding hydrogens is 264 g/mol. The molecule has 1 N–H and O–H groups in total. The summed E-state index contributed by atoms with van der Waals surface area (Å²) in [6.07, 6.45) is 1.08. The fraction of sp³-hybridized carbons (Fsp3) is 0.588. The summed E-state index contributed by atoms with van der Waals surface area (Å²) in [6.45, 7) is 9.62. The Labute approximate surface area is 127 Å². The van der Waals surface area contributed by atoms with Gasteiger partial charge in [0.1, 0.15) is 6.61 Å². The molecule has 1 aliphatic heterocycles. The molecule has 2 rings (SSSR count). The number of rotatable bonds is 6. The normalized spacial score (nSPS) is 17.1. The number of aryl methyl sites for hydroxylation is 2. The van der Waals surface area contributed by atoms with Crippen molar-refractivity contribution in [3.8, 4) is 0 Å². The summed E-state index contributed by atoms with van der Waals surface area (Å²) >= 11 is 0. The van der Waals surface area contributed by atoms with Crippen LogP contribution in [-0.4, -0.2) is 43.7 Å². The summed E-state index contributed by atoms with van der Waals surface area (Å²) in [7, 11) is 0. The van der Waals surface area contributed by atoms with Crippen molar-refractivity contribution in [2.45, 2.75) is 33.2 Å². The van der Waals surface area contributed by atoms with Gasteiger partial charge in [0.15, 0.2) is 0 Å². The first kappa shape index (κ1) is 16.0. The molecule has 0 bridgehead atoms. The van der Waals surface area contributed by atoms with Gasteiger partial charge in [-0.2, -0.15) is 0 Å². The van der Waals surface area contributed by atoms with Crippen molar-refractivity contribution in [3.63, 3.8) is 0 Å². The van der Waals surface area contributed by atoms with Crippen LogP contribution in [0.15, 0.2) is 18.2 Å². The van der Waals surface area contributed by atoms with E-state index in [9.17, 15) is 4.79 Å². The number of nitrogens with zero attached hydrogens (tertiary/aromatic N) is 1. The van der Waals surface area contributed by atoms with Crippen LogP contribution in [0.1, 0.15) is 36.1 Å². The molecular formula is C17H26N2O2. The van der Waals surface area contributed by atoms with E-state index in [2.05, 4.69) is 44.3 Å². The Balaban J connectivity index is 2.16. The highest BCUT2D eigenvalue weighted by atomic mass is 16.5. The Bertz CT molecular complexity index is 488. The summed E-state index contributed by atoms with van der Waals surface area (Å²) in [5, 5.41) is 3.59. The van der Waals surface area contributed by atoms with Crippen molar-refractivity contribution in [3.05, 3.63) is 34.9 Å². The highest BCUT2D eigenvalue weighted by Gasteiger charge is 2.23. The van der Waals surface area contributed by atoms with Gasteiger partial charge in [-0.25, -0.2) is 0 Å². The van der Waals surface area contributed by atoms with Gasteiger partial charge in [-0.1, -0.05) is 30.7 Å². The van der Waals surface area contributed by atoms with Crippen molar-refractivity contribution in [1.82, 2.24) is 10.2 Å². The first-order valence-electron chi connectivity index (χ1n) is 7.78. The van der Waals surface area contributed by atoms with Crippen LogP contribution in [0.3, 0.4) is 0 Å². The fourth-order valence-electron chi connectivity index (χ4n) is 2.69. The van der Waals surface area contributed by atoms with Gasteiger partial charge in [0.2, 0.25) is 5.91 Å². The third-order valence-corrected chi connectivity index (χ3v) is 3.94. The van der Waals surface area contributed by atoms with Gasteiger partial charge < -0.3 is 15.0 Å². The topological polar surface area (TPSA) is 41.6 Å². The third kappa shape index (κ3) is 4.29. The highest BCUT2D eigenvalue weighted by molar-refractivity contribution is 5.78. The second kappa shape index (κ2) is 7.57. The molecule has 1 heterocycles. The summed E-state index contributed by atoms with van der Waals surface area (Å²) in [6, 6.07) is 6.71. The smallest absolute Gasteiger partial charge is 0.248 e. The molecule has 0 saturated carbocycles. The monoisotopic (exact) mass is 290 g/mol. The second-order valence-electron chi connectivity index (χ2n) is 5.76. The van der Waals surface area contributed by atoms with Gasteiger partial charge in [-0.3, -0.25) is 4.79 Å². The minimum Gasteiger partial charge on any atom is -0.370 e. The number of carbonyl (C=O) groups is 1. The zero-order chi connectivity index (χ0) is 15.2. The molecule has 1 fully saturated rings. The molecule has 1 saturated heterocycles. The second-order valence-corrected chi connectivity index (χ2v) is 5.76. The largest absolute Gasteiger partial charge is 0.370 e. The average molecular weight is 290 g/mol. The highest BCUT2D eigenvalue weighted by Crippen LogP contribution is 2.21. The molecule has 1 amide bonds. The maximum atomic E-state index is 12.0. The number of amides is 1. The molecule has 0 radical (unpaired) electrons. The fourth-order valence-corrected chi connectivity index (χ4v) is 2.69. The van der Waals surface area contributed by atoms with Gasteiger partial charge in [-0.15, -0.1) is 0 Å². The van der Waals surface area contributed by atoms with E-state index >= 15 is 0 Å². The molecule has 0 aromatic heterocycles. The predicted molar refractivity (Wildman–Crippen MR) is 84.3 cm³/mol. The van der Waals surface area contributed by atoms with E-state index in [4.69, 9.17) is 4.74 Å². The third-order valence-electron chi connectivity index (χ3n) is 3.94. The first-order chi connectivity index (χ1) is 10.1. The molecule has 1 atom stereocenters. The number of morpholine rings is 1. The molecule has 1 unspecified atom stereocenters. The van der Waals surface area contributed by atoms with E-state index in [1.54, 1.807) is 0 Å². The summed E-state index contributed by atoms with van der Waals surface area (Å²) < 4.78 is 5.21. The summed E-state index contributed by atoms with van der Waals surface area (Å²) in [5.74, 6) is 0.0925. The number of hydrogen-bond acceptors (Lipinski definition) is 3. The molecule has 1 aromatic rings. The lowest BCUT2D eigenvalue weighted by molar-refractivity contribution is -0.143. The van der Waals surface area contributed by atoms with Crippen LogP contribution in [-0.2, 0) is 9.53 Å². The molecule has 4 heteroatoms. The molecule has 21 heavy (non-hydrogen) atoms. The Morgan fingerprint density at radius 3 is 2.90 bits per heavy atom. The summed E-state index contributed by atoms with van der Waals surface area (Å²) in [4.78, 5) is 13.9. The van der Waals surface area contributed by atoms with Gasteiger partial charge in [-0.05, 0) is 37.9 Å². The Morgan fingerprint density at radius 2 is 2.19 bits per heavy atom. The lowest BCUT2D eigenvalue weighted by atomic mass is 9.98. The molecule has 1 aliphatic rings. The number of nitrogens with one attached hydrogen (secondary N) is 1. The zero-order valence-electron chi connectivity index (χ0n) is 13.3. The maximum absolute atomic E-state index is 12.0. The van der Waals surface area contributed by atoms with Crippen LogP contribution >= 0.6 is 0 Å². The predicted octanol–water partition coefficient (Wildman–Crippen LogP) is 2.20. The standard InChI is InChI=1S/C17H26N2O2/c1-4-7-18-16(11-19-8-9-21-12-17(19)20)15-10-13(2)5-6-14(15)3/h5-6,10,16,18H,4,7-9,11-12H2,1-3H3. The van der Waals surface area contributed by atoms with E-state index < -0.39 is 0 Å². The van der Waals surface area contributed by atoms with E-state index in [-0.39, 0.29) is 18.6 Å². The van der Waals surface area contributed by atoms with Gasteiger partial charge in [0.25, 0.3) is 0 Å². The Hall–Kier alpha value is -1.39. The Kier molecular flexibility index (Phi) is 5.76. The van der Waals surface area contributed by atoms with Crippen molar-refractivity contribution < 1.29 is 9.53 Å². The lowest BCUT2D eigenvalue weighted by Gasteiger charge is -2.32.